The highest BCUT2D eigenvalue weighted by atomic mass is 19.4. The molecule has 0 aliphatic carbocycles. The number of hydrogen-bond acceptors (Lipinski definition) is 3. The Morgan fingerprint density at radius 3 is 2.44 bits per heavy atom. The summed E-state index contributed by atoms with van der Waals surface area (Å²) in [6, 6.07) is 7.62. The van der Waals surface area contributed by atoms with Gasteiger partial charge in [-0.15, -0.1) is 0 Å². The summed E-state index contributed by atoms with van der Waals surface area (Å²) < 4.78 is 76.9. The fourth-order valence-corrected chi connectivity index (χ4v) is 2.94. The van der Waals surface area contributed by atoms with Gasteiger partial charge in [0, 0.05) is 6.54 Å². The third-order valence-corrected chi connectivity index (χ3v) is 4.30. The Morgan fingerprint density at radius 1 is 1.07 bits per heavy atom. The Labute approximate surface area is 153 Å². The van der Waals surface area contributed by atoms with Crippen LogP contribution in [0, 0.1) is 11.6 Å². The second kappa shape index (κ2) is 7.92. The van der Waals surface area contributed by atoms with E-state index in [1.807, 2.05) is 0 Å². The second-order valence-corrected chi connectivity index (χ2v) is 6.27. The first-order valence-corrected chi connectivity index (χ1v) is 8.37. The number of benzene rings is 2. The van der Waals surface area contributed by atoms with Crippen LogP contribution in [0.25, 0.3) is 0 Å². The Balaban J connectivity index is 1.80. The van der Waals surface area contributed by atoms with Gasteiger partial charge in [0.1, 0.15) is 11.6 Å². The number of hydrogen-bond donors (Lipinski definition) is 1. The molecular weight excluding hydrogens is 369 g/mol. The lowest BCUT2D eigenvalue weighted by Crippen LogP contribution is -2.43. The predicted molar refractivity (Wildman–Crippen MR) is 87.8 cm³/mol. The van der Waals surface area contributed by atoms with Crippen LogP contribution in [0.5, 0.6) is 0 Å². The molecular formula is C19H18F5NO2. The fourth-order valence-electron chi connectivity index (χ4n) is 2.94. The van der Waals surface area contributed by atoms with Crippen molar-refractivity contribution in [2.45, 2.75) is 31.5 Å². The molecule has 0 saturated carbocycles. The number of nitrogens with one attached hydrogen (secondary N) is 1. The number of morpholine rings is 1. The normalized spacial score (nSPS) is 21.9. The maximum atomic E-state index is 13.6. The van der Waals surface area contributed by atoms with Gasteiger partial charge in [0.05, 0.1) is 24.3 Å². The van der Waals surface area contributed by atoms with Crippen molar-refractivity contribution >= 4 is 0 Å². The van der Waals surface area contributed by atoms with Crippen LogP contribution < -0.4 is 5.32 Å². The molecule has 1 aliphatic heterocycles. The molecule has 27 heavy (non-hydrogen) atoms. The fraction of sp³-hybridized carbons (Fsp3) is 0.368. The zero-order chi connectivity index (χ0) is 19.6. The van der Waals surface area contributed by atoms with Crippen molar-refractivity contribution in [1.29, 1.82) is 0 Å². The molecule has 1 saturated heterocycles. The molecule has 8 heteroatoms. The predicted octanol–water partition coefficient (Wildman–Crippen LogP) is 4.75. The molecule has 1 fully saturated rings. The van der Waals surface area contributed by atoms with E-state index in [1.54, 1.807) is 12.1 Å². The molecule has 0 amide bonds. The van der Waals surface area contributed by atoms with Crippen molar-refractivity contribution in [2.24, 2.45) is 0 Å². The molecule has 3 rings (SSSR count). The average Bonchev–Trinajstić information content (AvgIpc) is 2.62. The molecule has 0 unspecified atom stereocenters. The lowest BCUT2D eigenvalue weighted by atomic mass is 10.0. The zero-order valence-electron chi connectivity index (χ0n) is 14.4. The summed E-state index contributed by atoms with van der Waals surface area (Å²) in [5.74, 6) is -1.38. The van der Waals surface area contributed by atoms with Gasteiger partial charge in [-0.25, -0.2) is 8.78 Å². The number of rotatable bonds is 4. The Hall–Kier alpha value is -2.03. The molecule has 1 heterocycles. The van der Waals surface area contributed by atoms with Crippen molar-refractivity contribution in [1.82, 2.24) is 5.32 Å². The molecule has 3 nitrogen and oxygen atoms in total. The Bertz CT molecular complexity index is 779. The number of halogens is 5. The van der Waals surface area contributed by atoms with E-state index in [-0.39, 0.29) is 11.4 Å². The largest absolute Gasteiger partial charge is 0.416 e. The van der Waals surface area contributed by atoms with Crippen LogP contribution in [0.15, 0.2) is 42.5 Å². The lowest BCUT2D eigenvalue weighted by Gasteiger charge is -2.34. The van der Waals surface area contributed by atoms with Crippen LogP contribution in [0.3, 0.4) is 0 Å². The average molecular weight is 387 g/mol. The van der Waals surface area contributed by atoms with Crippen molar-refractivity contribution in [2.75, 3.05) is 13.2 Å². The van der Waals surface area contributed by atoms with Gasteiger partial charge in [0.2, 0.25) is 0 Å². The van der Waals surface area contributed by atoms with Crippen molar-refractivity contribution < 1.29 is 31.4 Å². The van der Waals surface area contributed by atoms with Gasteiger partial charge in [-0.3, -0.25) is 0 Å². The quantitative estimate of drug-likeness (QED) is 0.769. The van der Waals surface area contributed by atoms with Gasteiger partial charge < -0.3 is 14.8 Å². The topological polar surface area (TPSA) is 30.5 Å². The van der Waals surface area contributed by atoms with Gasteiger partial charge in [-0.05, 0) is 48.4 Å². The zero-order valence-corrected chi connectivity index (χ0v) is 14.4. The summed E-state index contributed by atoms with van der Waals surface area (Å²) in [6.07, 6.45) is -6.33. The molecule has 1 aliphatic rings. The second-order valence-electron chi connectivity index (χ2n) is 6.27. The molecule has 2 aromatic rings. The monoisotopic (exact) mass is 387 g/mol. The third-order valence-electron chi connectivity index (χ3n) is 4.30. The van der Waals surface area contributed by atoms with E-state index in [2.05, 4.69) is 5.32 Å². The summed E-state index contributed by atoms with van der Waals surface area (Å²) in [7, 11) is 0. The minimum Gasteiger partial charge on any atom is -0.349 e. The first kappa shape index (κ1) is 19.7. The maximum Gasteiger partial charge on any atom is 0.416 e. The van der Waals surface area contributed by atoms with Crippen molar-refractivity contribution in [3.8, 4) is 0 Å². The first-order valence-electron chi connectivity index (χ1n) is 8.37. The van der Waals surface area contributed by atoms with E-state index in [9.17, 15) is 22.0 Å². The molecule has 0 spiro atoms. The van der Waals surface area contributed by atoms with E-state index in [0.717, 1.165) is 12.1 Å². The highest BCUT2D eigenvalue weighted by molar-refractivity contribution is 5.28. The highest BCUT2D eigenvalue weighted by Gasteiger charge is 2.33. The summed E-state index contributed by atoms with van der Waals surface area (Å²) in [5.41, 5.74) is -0.316. The minimum atomic E-state index is -4.66. The molecule has 0 bridgehead atoms. The Morgan fingerprint density at radius 2 is 1.78 bits per heavy atom. The van der Waals surface area contributed by atoms with Crippen LogP contribution in [-0.4, -0.2) is 19.4 Å². The third kappa shape index (κ3) is 4.82. The van der Waals surface area contributed by atoms with E-state index in [4.69, 9.17) is 9.47 Å². The SMILES string of the molecule is C[C@@H](O[C@@H]1OCCN[C@H]1c1ccc(F)cc1)c1cc(F)cc(C(F)(F)F)c1. The van der Waals surface area contributed by atoms with Crippen molar-refractivity contribution in [3.63, 3.8) is 0 Å². The van der Waals surface area contributed by atoms with E-state index < -0.39 is 36.0 Å². The summed E-state index contributed by atoms with van der Waals surface area (Å²) in [4.78, 5) is 0. The van der Waals surface area contributed by atoms with Crippen LogP contribution in [0.1, 0.15) is 35.8 Å². The smallest absolute Gasteiger partial charge is 0.349 e. The van der Waals surface area contributed by atoms with E-state index in [0.29, 0.717) is 24.8 Å². The van der Waals surface area contributed by atoms with E-state index >= 15 is 0 Å². The Kier molecular flexibility index (Phi) is 5.78. The van der Waals surface area contributed by atoms with Crippen LogP contribution in [0.2, 0.25) is 0 Å². The molecule has 1 N–H and O–H groups in total. The highest BCUT2D eigenvalue weighted by Crippen LogP contribution is 2.34. The standard InChI is InChI=1S/C19H18F5NO2/c1-11(13-8-14(19(22,23)24)10-16(21)9-13)27-18-17(25-6-7-26-18)12-2-4-15(20)5-3-12/h2-5,8-11,17-18,25H,6-7H2,1H3/t11-,17+,18+/m1/s1. The summed E-state index contributed by atoms with van der Waals surface area (Å²) >= 11 is 0. The van der Waals surface area contributed by atoms with Crippen molar-refractivity contribution in [3.05, 3.63) is 70.8 Å². The molecule has 0 radical (unpaired) electrons. The number of alkyl halides is 3. The molecule has 3 atom stereocenters. The van der Waals surface area contributed by atoms with Crippen LogP contribution >= 0.6 is 0 Å². The van der Waals surface area contributed by atoms with Gasteiger partial charge in [-0.1, -0.05) is 12.1 Å². The van der Waals surface area contributed by atoms with Crippen LogP contribution in [-0.2, 0) is 15.7 Å². The van der Waals surface area contributed by atoms with Gasteiger partial charge >= 0.3 is 6.18 Å². The summed E-state index contributed by atoms with van der Waals surface area (Å²) in [5, 5.41) is 3.18. The lowest BCUT2D eigenvalue weighted by molar-refractivity contribution is -0.200. The molecule has 0 aromatic heterocycles. The minimum absolute atomic E-state index is 0.0503. The van der Waals surface area contributed by atoms with Gasteiger partial charge in [-0.2, -0.15) is 13.2 Å². The number of ether oxygens (including phenoxy) is 2. The van der Waals surface area contributed by atoms with Crippen LogP contribution in [0.4, 0.5) is 22.0 Å². The molecule has 2 aromatic carbocycles. The van der Waals surface area contributed by atoms with E-state index in [1.165, 1.54) is 19.1 Å². The molecule has 146 valence electrons. The maximum absolute atomic E-state index is 13.6. The van der Waals surface area contributed by atoms with Gasteiger partial charge in [0.25, 0.3) is 0 Å². The first-order chi connectivity index (χ1) is 12.7. The van der Waals surface area contributed by atoms with Gasteiger partial charge in [0.15, 0.2) is 6.29 Å². The summed E-state index contributed by atoms with van der Waals surface area (Å²) in [6.45, 7) is 2.40.